The van der Waals surface area contributed by atoms with Crippen molar-refractivity contribution in [3.05, 3.63) is 90.5 Å². The van der Waals surface area contributed by atoms with Crippen LogP contribution in [0.3, 0.4) is 0 Å². The van der Waals surface area contributed by atoms with Crippen LogP contribution in [0.5, 0.6) is 5.75 Å². The van der Waals surface area contributed by atoms with Gasteiger partial charge in [0.05, 0.1) is 13.2 Å². The molecule has 160 valence electrons. The van der Waals surface area contributed by atoms with Crippen LogP contribution in [0.1, 0.15) is 11.6 Å². The van der Waals surface area contributed by atoms with Gasteiger partial charge in [0.2, 0.25) is 11.1 Å². The molecule has 0 aliphatic carbocycles. The quantitative estimate of drug-likeness (QED) is 0.477. The van der Waals surface area contributed by atoms with Crippen LogP contribution in [-0.2, 0) is 4.79 Å². The molecule has 32 heavy (non-hydrogen) atoms. The predicted molar refractivity (Wildman–Crippen MR) is 125 cm³/mol. The van der Waals surface area contributed by atoms with E-state index >= 15 is 0 Å². The lowest BCUT2D eigenvalue weighted by atomic mass is 10.0. The third-order valence-electron chi connectivity index (χ3n) is 5.24. The second-order valence-electron chi connectivity index (χ2n) is 7.28. The molecule has 8 heteroatoms. The molecule has 4 aromatic rings. The topological polar surface area (TPSA) is 81.1 Å². The molecule has 1 aromatic heterocycles. The van der Waals surface area contributed by atoms with Gasteiger partial charge in [-0.25, -0.2) is 4.68 Å². The van der Waals surface area contributed by atoms with Gasteiger partial charge in [0.1, 0.15) is 11.0 Å². The number of fused-ring (bicyclic) bond motifs is 1. The summed E-state index contributed by atoms with van der Waals surface area (Å²) in [5.74, 6) is 1.33. The number of nitrogens with one attached hydrogen (secondary N) is 2. The van der Waals surface area contributed by atoms with E-state index < -0.39 is 5.25 Å². The Bertz CT molecular complexity index is 1210. The van der Waals surface area contributed by atoms with E-state index in [4.69, 9.17) is 4.74 Å². The van der Waals surface area contributed by atoms with Gasteiger partial charge in [-0.3, -0.25) is 4.79 Å². The molecule has 2 N–H and O–H groups in total. The van der Waals surface area contributed by atoms with E-state index in [-0.39, 0.29) is 11.9 Å². The highest BCUT2D eigenvalue weighted by molar-refractivity contribution is 8.00. The van der Waals surface area contributed by atoms with Gasteiger partial charge < -0.3 is 15.5 Å². The Morgan fingerprint density at radius 3 is 2.34 bits per heavy atom. The lowest BCUT2D eigenvalue weighted by Crippen LogP contribution is -2.41. The Hall–Kier alpha value is -3.78. The molecular weight excluding hydrogens is 422 g/mol. The molecule has 0 unspecified atom stereocenters. The number of methoxy groups -OCH3 is 1. The van der Waals surface area contributed by atoms with Crippen LogP contribution < -0.4 is 15.5 Å². The molecule has 1 amide bonds. The molecule has 0 bridgehead atoms. The number of carbonyl (C=O) groups excluding carboxylic acids is 1. The van der Waals surface area contributed by atoms with E-state index in [0.29, 0.717) is 16.7 Å². The van der Waals surface area contributed by atoms with Gasteiger partial charge in [0.15, 0.2) is 5.82 Å². The number of thioether (sulfide) groups is 1. The summed E-state index contributed by atoms with van der Waals surface area (Å²) in [4.78, 5) is 13.3. The van der Waals surface area contributed by atoms with Crippen LogP contribution in [0, 0.1) is 0 Å². The molecule has 0 radical (unpaired) electrons. The van der Waals surface area contributed by atoms with Gasteiger partial charge in [-0.1, -0.05) is 72.4 Å². The molecule has 3 aromatic carbocycles. The number of aromatic nitrogens is 3. The highest BCUT2D eigenvalue weighted by Crippen LogP contribution is 2.39. The number of carbonyl (C=O) groups is 1. The zero-order valence-electron chi connectivity index (χ0n) is 17.3. The standard InChI is InChI=1S/C24H21N5O2S/c1-31-19-14-12-18(13-15-19)25-23(30)21-20(16-8-4-2-5-9-16)28-29-22(26-27-24(29)32-21)17-10-6-3-7-11-17/h2-15,20-21,28H,1H3,(H,25,30)/t20-,21+/m1/s1. The third-order valence-corrected chi connectivity index (χ3v) is 6.46. The molecule has 0 fully saturated rings. The van der Waals surface area contributed by atoms with Gasteiger partial charge in [0.25, 0.3) is 0 Å². The number of rotatable bonds is 5. The molecule has 0 saturated carbocycles. The molecular formula is C24H21N5O2S. The molecule has 7 nitrogen and oxygen atoms in total. The fourth-order valence-corrected chi connectivity index (χ4v) is 4.71. The molecule has 0 spiro atoms. The van der Waals surface area contributed by atoms with Gasteiger partial charge >= 0.3 is 0 Å². The smallest absolute Gasteiger partial charge is 0.240 e. The van der Waals surface area contributed by atoms with E-state index in [1.807, 2.05) is 89.6 Å². The zero-order valence-corrected chi connectivity index (χ0v) is 18.1. The SMILES string of the molecule is COc1ccc(NC(=O)[C@H]2Sc3nnc(-c4ccccc4)n3N[C@@H]2c2ccccc2)cc1. The summed E-state index contributed by atoms with van der Waals surface area (Å²) in [7, 11) is 1.61. The van der Waals surface area contributed by atoms with Crippen molar-refractivity contribution in [2.75, 3.05) is 17.9 Å². The summed E-state index contributed by atoms with van der Waals surface area (Å²) in [6, 6.07) is 26.8. The number of benzene rings is 3. The lowest BCUT2D eigenvalue weighted by Gasteiger charge is -2.33. The maximum Gasteiger partial charge on any atom is 0.240 e. The fraction of sp³-hybridized carbons (Fsp3) is 0.125. The van der Waals surface area contributed by atoms with Crippen LogP contribution in [0.15, 0.2) is 90.1 Å². The van der Waals surface area contributed by atoms with E-state index in [1.54, 1.807) is 7.11 Å². The Morgan fingerprint density at radius 2 is 1.66 bits per heavy atom. The van der Waals surface area contributed by atoms with Crippen LogP contribution in [0.25, 0.3) is 11.4 Å². The Morgan fingerprint density at radius 1 is 0.969 bits per heavy atom. The summed E-state index contributed by atoms with van der Waals surface area (Å²) < 4.78 is 7.07. The van der Waals surface area contributed by atoms with E-state index in [2.05, 4.69) is 20.9 Å². The second kappa shape index (κ2) is 8.76. The molecule has 0 saturated heterocycles. The molecule has 2 atom stereocenters. The van der Waals surface area contributed by atoms with Crippen LogP contribution in [0.4, 0.5) is 5.69 Å². The van der Waals surface area contributed by atoms with Gasteiger partial charge in [0, 0.05) is 11.3 Å². The van der Waals surface area contributed by atoms with E-state index in [1.165, 1.54) is 11.8 Å². The minimum atomic E-state index is -0.445. The number of hydrogen-bond acceptors (Lipinski definition) is 6. The largest absolute Gasteiger partial charge is 0.497 e. The van der Waals surface area contributed by atoms with Crippen molar-refractivity contribution in [1.82, 2.24) is 14.9 Å². The number of nitrogens with zero attached hydrogens (tertiary/aromatic N) is 3. The maximum atomic E-state index is 13.3. The Labute approximate surface area is 189 Å². The summed E-state index contributed by atoms with van der Waals surface area (Å²) in [5.41, 5.74) is 6.15. The van der Waals surface area contributed by atoms with Crippen molar-refractivity contribution < 1.29 is 9.53 Å². The fourth-order valence-electron chi connectivity index (χ4n) is 3.63. The summed E-state index contributed by atoms with van der Waals surface area (Å²) in [6.07, 6.45) is 0. The van der Waals surface area contributed by atoms with Gasteiger partial charge in [-0.05, 0) is 29.8 Å². The van der Waals surface area contributed by atoms with Crippen molar-refractivity contribution in [1.29, 1.82) is 0 Å². The second-order valence-corrected chi connectivity index (χ2v) is 8.39. The number of amides is 1. The first-order chi connectivity index (χ1) is 15.7. The normalized spacial score (nSPS) is 17.2. The molecule has 1 aliphatic rings. The first kappa shape index (κ1) is 20.1. The minimum Gasteiger partial charge on any atom is -0.497 e. The third kappa shape index (κ3) is 3.92. The van der Waals surface area contributed by atoms with Crippen molar-refractivity contribution in [2.24, 2.45) is 0 Å². The Balaban J connectivity index is 1.47. The van der Waals surface area contributed by atoms with Crippen LogP contribution >= 0.6 is 11.8 Å². The number of anilines is 1. The predicted octanol–water partition coefficient (Wildman–Crippen LogP) is 4.35. The average Bonchev–Trinajstić information content (AvgIpc) is 3.28. The van der Waals surface area contributed by atoms with Crippen LogP contribution in [0.2, 0.25) is 0 Å². The van der Waals surface area contributed by atoms with Crippen molar-refractivity contribution in [2.45, 2.75) is 16.4 Å². The highest BCUT2D eigenvalue weighted by atomic mass is 32.2. The molecule has 5 rings (SSSR count). The first-order valence-electron chi connectivity index (χ1n) is 10.2. The first-order valence-corrected chi connectivity index (χ1v) is 11.0. The monoisotopic (exact) mass is 443 g/mol. The average molecular weight is 444 g/mol. The van der Waals surface area contributed by atoms with E-state index in [0.717, 1.165) is 16.9 Å². The number of hydrogen-bond donors (Lipinski definition) is 2. The van der Waals surface area contributed by atoms with Gasteiger partial charge in [-0.2, -0.15) is 0 Å². The van der Waals surface area contributed by atoms with Crippen LogP contribution in [-0.4, -0.2) is 33.1 Å². The number of ether oxygens (including phenoxy) is 1. The van der Waals surface area contributed by atoms with E-state index in [9.17, 15) is 4.79 Å². The van der Waals surface area contributed by atoms with Crippen molar-refractivity contribution in [3.63, 3.8) is 0 Å². The van der Waals surface area contributed by atoms with Crippen molar-refractivity contribution >= 4 is 23.4 Å². The molecule has 1 aliphatic heterocycles. The minimum absolute atomic E-state index is 0.114. The summed E-state index contributed by atoms with van der Waals surface area (Å²) >= 11 is 1.40. The molecule has 2 heterocycles. The highest BCUT2D eigenvalue weighted by Gasteiger charge is 2.38. The summed E-state index contributed by atoms with van der Waals surface area (Å²) in [5, 5.41) is 11.9. The Kier molecular flexibility index (Phi) is 5.51. The summed E-state index contributed by atoms with van der Waals surface area (Å²) in [6.45, 7) is 0. The zero-order chi connectivity index (χ0) is 21.9. The van der Waals surface area contributed by atoms with Gasteiger partial charge in [-0.15, -0.1) is 10.2 Å². The lowest BCUT2D eigenvalue weighted by molar-refractivity contribution is -0.116. The maximum absolute atomic E-state index is 13.3. The van der Waals surface area contributed by atoms with Crippen molar-refractivity contribution in [3.8, 4) is 17.1 Å².